The van der Waals surface area contributed by atoms with Gasteiger partial charge in [-0.25, -0.2) is 0 Å². The van der Waals surface area contributed by atoms with Crippen molar-refractivity contribution in [2.75, 3.05) is 6.61 Å². The molecule has 1 aliphatic carbocycles. The SMILES string of the molecule is Cc1cccc(CN(C(=O)COc2ccccc2C)[C@H](C)C(=O)NC2CCCC2)c1. The van der Waals surface area contributed by atoms with E-state index in [4.69, 9.17) is 4.74 Å². The van der Waals surface area contributed by atoms with Crippen molar-refractivity contribution in [3.05, 3.63) is 65.2 Å². The Labute approximate surface area is 179 Å². The predicted molar refractivity (Wildman–Crippen MR) is 118 cm³/mol. The van der Waals surface area contributed by atoms with Crippen molar-refractivity contribution in [2.24, 2.45) is 0 Å². The second-order valence-electron chi connectivity index (χ2n) is 8.23. The Morgan fingerprint density at radius 3 is 2.53 bits per heavy atom. The zero-order valence-electron chi connectivity index (χ0n) is 18.2. The summed E-state index contributed by atoms with van der Waals surface area (Å²) in [6.07, 6.45) is 4.33. The minimum absolute atomic E-state index is 0.0983. The summed E-state index contributed by atoms with van der Waals surface area (Å²) >= 11 is 0. The van der Waals surface area contributed by atoms with Gasteiger partial charge in [-0.3, -0.25) is 9.59 Å². The number of aryl methyl sites for hydroxylation is 2. The standard InChI is InChI=1S/C25H32N2O3/c1-18-9-8-11-21(15-18)16-27(20(3)25(29)26-22-12-5-6-13-22)24(28)17-30-23-14-7-4-10-19(23)2/h4,7-11,14-15,20,22H,5-6,12-13,16-17H2,1-3H3,(H,26,29)/t20-/m1/s1. The smallest absolute Gasteiger partial charge is 0.261 e. The highest BCUT2D eigenvalue weighted by molar-refractivity contribution is 5.88. The number of amides is 2. The molecule has 0 spiro atoms. The van der Waals surface area contributed by atoms with Gasteiger partial charge in [0.25, 0.3) is 5.91 Å². The zero-order valence-corrected chi connectivity index (χ0v) is 18.2. The molecule has 1 fully saturated rings. The summed E-state index contributed by atoms with van der Waals surface area (Å²) in [4.78, 5) is 27.6. The number of ether oxygens (including phenoxy) is 1. The number of hydrogen-bond donors (Lipinski definition) is 1. The van der Waals surface area contributed by atoms with Gasteiger partial charge in [-0.2, -0.15) is 0 Å². The Morgan fingerprint density at radius 1 is 1.10 bits per heavy atom. The second kappa shape index (κ2) is 10.3. The van der Waals surface area contributed by atoms with Gasteiger partial charge in [0, 0.05) is 12.6 Å². The van der Waals surface area contributed by atoms with E-state index in [0.717, 1.165) is 42.4 Å². The number of para-hydroxylation sites is 1. The number of nitrogens with zero attached hydrogens (tertiary/aromatic N) is 1. The molecule has 3 rings (SSSR count). The molecule has 1 aliphatic rings. The molecule has 30 heavy (non-hydrogen) atoms. The number of hydrogen-bond acceptors (Lipinski definition) is 3. The Morgan fingerprint density at radius 2 is 1.83 bits per heavy atom. The van der Waals surface area contributed by atoms with Crippen LogP contribution in [-0.4, -0.2) is 35.4 Å². The molecule has 2 amide bonds. The molecular formula is C25H32N2O3. The molecule has 2 aromatic rings. The molecule has 5 nitrogen and oxygen atoms in total. The topological polar surface area (TPSA) is 58.6 Å². The molecule has 5 heteroatoms. The molecular weight excluding hydrogens is 376 g/mol. The van der Waals surface area contributed by atoms with Gasteiger partial charge in [0.05, 0.1) is 0 Å². The third-order valence-corrected chi connectivity index (χ3v) is 5.75. The number of nitrogens with one attached hydrogen (secondary N) is 1. The van der Waals surface area contributed by atoms with Gasteiger partial charge in [-0.15, -0.1) is 0 Å². The number of benzene rings is 2. The summed E-state index contributed by atoms with van der Waals surface area (Å²) in [6.45, 7) is 6.04. The first kappa shape index (κ1) is 21.9. The fraction of sp³-hybridized carbons (Fsp3) is 0.440. The van der Waals surface area contributed by atoms with Crippen LogP contribution in [-0.2, 0) is 16.1 Å². The third kappa shape index (κ3) is 5.85. The molecule has 1 atom stereocenters. The van der Waals surface area contributed by atoms with E-state index in [0.29, 0.717) is 12.3 Å². The molecule has 160 valence electrons. The maximum atomic E-state index is 13.1. The molecule has 0 aromatic heterocycles. The van der Waals surface area contributed by atoms with Crippen LogP contribution in [0.15, 0.2) is 48.5 Å². The first-order valence-electron chi connectivity index (χ1n) is 10.8. The van der Waals surface area contributed by atoms with Gasteiger partial charge in [-0.1, -0.05) is 60.9 Å². The number of rotatable bonds is 8. The van der Waals surface area contributed by atoms with E-state index in [-0.39, 0.29) is 24.5 Å². The average molecular weight is 409 g/mol. The molecule has 0 aliphatic heterocycles. The quantitative estimate of drug-likeness (QED) is 0.714. The van der Waals surface area contributed by atoms with Crippen molar-refractivity contribution in [2.45, 2.75) is 65.1 Å². The van der Waals surface area contributed by atoms with Crippen LogP contribution in [0, 0.1) is 13.8 Å². The van der Waals surface area contributed by atoms with Crippen LogP contribution in [0.3, 0.4) is 0 Å². The Balaban J connectivity index is 1.72. The van der Waals surface area contributed by atoms with Crippen LogP contribution in [0.2, 0.25) is 0 Å². The van der Waals surface area contributed by atoms with Crippen LogP contribution in [0.4, 0.5) is 0 Å². The van der Waals surface area contributed by atoms with E-state index in [1.54, 1.807) is 11.8 Å². The highest BCUT2D eigenvalue weighted by Crippen LogP contribution is 2.19. The van der Waals surface area contributed by atoms with Gasteiger partial charge in [0.2, 0.25) is 5.91 Å². The average Bonchev–Trinajstić information content (AvgIpc) is 3.24. The van der Waals surface area contributed by atoms with Gasteiger partial charge in [0.1, 0.15) is 11.8 Å². The first-order chi connectivity index (χ1) is 14.4. The minimum atomic E-state index is -0.570. The molecule has 1 N–H and O–H groups in total. The van der Waals surface area contributed by atoms with Crippen LogP contribution in [0.5, 0.6) is 5.75 Å². The van der Waals surface area contributed by atoms with Gasteiger partial charge >= 0.3 is 0 Å². The van der Waals surface area contributed by atoms with Gasteiger partial charge in [0.15, 0.2) is 6.61 Å². The molecule has 0 saturated heterocycles. The molecule has 2 aromatic carbocycles. The maximum Gasteiger partial charge on any atom is 0.261 e. The fourth-order valence-electron chi connectivity index (χ4n) is 3.92. The number of carbonyl (C=O) groups is 2. The molecule has 1 saturated carbocycles. The van der Waals surface area contributed by atoms with E-state index in [9.17, 15) is 9.59 Å². The lowest BCUT2D eigenvalue weighted by atomic mass is 10.1. The van der Waals surface area contributed by atoms with E-state index in [2.05, 4.69) is 5.32 Å². The Hall–Kier alpha value is -2.82. The lowest BCUT2D eigenvalue weighted by molar-refractivity contribution is -0.142. The highest BCUT2D eigenvalue weighted by atomic mass is 16.5. The monoisotopic (exact) mass is 408 g/mol. The van der Waals surface area contributed by atoms with E-state index >= 15 is 0 Å². The Kier molecular flexibility index (Phi) is 7.50. The van der Waals surface area contributed by atoms with Crippen LogP contribution in [0.1, 0.15) is 49.3 Å². The van der Waals surface area contributed by atoms with Crippen molar-refractivity contribution in [1.29, 1.82) is 0 Å². The summed E-state index contributed by atoms with van der Waals surface area (Å²) < 4.78 is 5.78. The third-order valence-electron chi connectivity index (χ3n) is 5.75. The van der Waals surface area contributed by atoms with Crippen LogP contribution >= 0.6 is 0 Å². The zero-order chi connectivity index (χ0) is 21.5. The molecule has 0 unspecified atom stereocenters. The highest BCUT2D eigenvalue weighted by Gasteiger charge is 2.28. The lowest BCUT2D eigenvalue weighted by Gasteiger charge is -2.30. The number of carbonyl (C=O) groups excluding carboxylic acids is 2. The normalized spacial score (nSPS) is 14.9. The summed E-state index contributed by atoms with van der Waals surface area (Å²) in [5, 5.41) is 3.12. The minimum Gasteiger partial charge on any atom is -0.484 e. The van der Waals surface area contributed by atoms with Gasteiger partial charge in [-0.05, 0) is 50.8 Å². The van der Waals surface area contributed by atoms with Gasteiger partial charge < -0.3 is 15.0 Å². The van der Waals surface area contributed by atoms with E-state index in [1.807, 2.05) is 62.4 Å². The summed E-state index contributed by atoms with van der Waals surface area (Å²) in [5.41, 5.74) is 3.10. The van der Waals surface area contributed by atoms with E-state index < -0.39 is 6.04 Å². The fourth-order valence-corrected chi connectivity index (χ4v) is 3.92. The molecule has 0 radical (unpaired) electrons. The van der Waals surface area contributed by atoms with Crippen LogP contribution in [0.25, 0.3) is 0 Å². The van der Waals surface area contributed by atoms with Crippen molar-refractivity contribution < 1.29 is 14.3 Å². The Bertz CT molecular complexity index is 874. The maximum absolute atomic E-state index is 13.1. The van der Waals surface area contributed by atoms with Crippen molar-refractivity contribution in [3.8, 4) is 5.75 Å². The van der Waals surface area contributed by atoms with E-state index in [1.165, 1.54) is 0 Å². The van der Waals surface area contributed by atoms with Crippen molar-refractivity contribution in [3.63, 3.8) is 0 Å². The first-order valence-corrected chi connectivity index (χ1v) is 10.8. The summed E-state index contributed by atoms with van der Waals surface area (Å²) in [6, 6.07) is 15.3. The molecule has 0 bridgehead atoms. The van der Waals surface area contributed by atoms with Crippen LogP contribution < -0.4 is 10.1 Å². The lowest BCUT2D eigenvalue weighted by Crippen LogP contribution is -2.50. The van der Waals surface area contributed by atoms with Crippen molar-refractivity contribution >= 4 is 11.8 Å². The second-order valence-corrected chi connectivity index (χ2v) is 8.23. The largest absolute Gasteiger partial charge is 0.484 e. The molecule has 0 heterocycles. The summed E-state index contributed by atoms with van der Waals surface area (Å²) in [7, 11) is 0. The van der Waals surface area contributed by atoms with Crippen molar-refractivity contribution in [1.82, 2.24) is 10.2 Å². The summed E-state index contributed by atoms with van der Waals surface area (Å²) in [5.74, 6) is 0.386. The predicted octanol–water partition coefficient (Wildman–Crippen LogP) is 4.16.